The van der Waals surface area contributed by atoms with Gasteiger partial charge >= 0.3 is 0 Å². The Morgan fingerprint density at radius 3 is 3.15 bits per heavy atom. The standard InChI is InChI=1S/C11H8N2/c1-2-8-4-5-12-6-9-7-13-10(3-1)11(8)9/h1-7,13H. The topological polar surface area (TPSA) is 28.1 Å². The largest absolute Gasteiger partial charge is 0.360 e. The molecule has 0 radical (unpaired) electrons. The summed E-state index contributed by atoms with van der Waals surface area (Å²) in [5, 5.41) is 1.26. The van der Waals surface area contributed by atoms with Crippen molar-refractivity contribution in [3.63, 3.8) is 0 Å². The number of aromatic nitrogens is 1. The van der Waals surface area contributed by atoms with E-state index in [0.29, 0.717) is 0 Å². The Hall–Kier alpha value is -1.83. The van der Waals surface area contributed by atoms with Crippen LogP contribution in [0.4, 0.5) is 0 Å². The molecular weight excluding hydrogens is 160 g/mol. The molecule has 2 nitrogen and oxygen atoms in total. The number of aliphatic imine (C=N–C) groups is 1. The molecule has 1 aromatic carbocycles. The second-order valence-corrected chi connectivity index (χ2v) is 3.11. The van der Waals surface area contributed by atoms with Crippen LogP contribution < -0.4 is 0 Å². The molecule has 0 unspecified atom stereocenters. The molecule has 0 amide bonds. The molecule has 2 aromatic rings. The summed E-state index contributed by atoms with van der Waals surface area (Å²) in [5.74, 6) is 0. The molecule has 0 bridgehead atoms. The van der Waals surface area contributed by atoms with Crippen molar-refractivity contribution < 1.29 is 0 Å². The molecule has 0 atom stereocenters. The zero-order valence-corrected chi connectivity index (χ0v) is 6.99. The summed E-state index contributed by atoms with van der Waals surface area (Å²) in [5.41, 5.74) is 3.56. The van der Waals surface area contributed by atoms with Gasteiger partial charge in [0.15, 0.2) is 0 Å². The van der Waals surface area contributed by atoms with Crippen LogP contribution in [0.1, 0.15) is 11.1 Å². The number of aromatic amines is 1. The first kappa shape index (κ1) is 6.66. The maximum atomic E-state index is 4.16. The van der Waals surface area contributed by atoms with Gasteiger partial charge in [-0.2, -0.15) is 0 Å². The first-order valence-electron chi connectivity index (χ1n) is 4.25. The van der Waals surface area contributed by atoms with Crippen molar-refractivity contribution in [2.75, 3.05) is 0 Å². The van der Waals surface area contributed by atoms with Crippen LogP contribution in [0.15, 0.2) is 35.6 Å². The van der Waals surface area contributed by atoms with Crippen LogP contribution in [-0.2, 0) is 0 Å². The lowest BCUT2D eigenvalue weighted by molar-refractivity contribution is 1.47. The van der Waals surface area contributed by atoms with E-state index in [1.165, 1.54) is 16.5 Å². The average Bonchev–Trinajstić information content (AvgIpc) is 2.44. The normalized spacial score (nSPS) is 13.5. The minimum atomic E-state index is 1.16. The quantitative estimate of drug-likeness (QED) is 0.626. The smallest absolute Gasteiger partial charge is 0.0466 e. The van der Waals surface area contributed by atoms with Crippen molar-refractivity contribution in [1.29, 1.82) is 0 Å². The summed E-state index contributed by atoms with van der Waals surface area (Å²) < 4.78 is 0. The van der Waals surface area contributed by atoms with E-state index < -0.39 is 0 Å². The third-order valence-electron chi connectivity index (χ3n) is 2.32. The summed E-state index contributed by atoms with van der Waals surface area (Å²) in [7, 11) is 0. The van der Waals surface area contributed by atoms with E-state index in [1.807, 2.05) is 30.8 Å². The molecule has 0 saturated heterocycles. The third kappa shape index (κ3) is 0.855. The van der Waals surface area contributed by atoms with E-state index in [0.717, 1.165) is 5.56 Å². The minimum absolute atomic E-state index is 1.16. The molecule has 0 aliphatic carbocycles. The summed E-state index contributed by atoms with van der Waals surface area (Å²) in [6.45, 7) is 0. The van der Waals surface area contributed by atoms with Gasteiger partial charge in [-0.05, 0) is 17.7 Å². The van der Waals surface area contributed by atoms with Crippen molar-refractivity contribution >= 4 is 23.2 Å². The van der Waals surface area contributed by atoms with Crippen molar-refractivity contribution in [2.24, 2.45) is 4.99 Å². The van der Waals surface area contributed by atoms with Crippen molar-refractivity contribution in [3.8, 4) is 0 Å². The van der Waals surface area contributed by atoms with Gasteiger partial charge in [-0.25, -0.2) is 0 Å². The van der Waals surface area contributed by atoms with Crippen LogP contribution in [0.2, 0.25) is 0 Å². The summed E-state index contributed by atoms with van der Waals surface area (Å²) in [6, 6.07) is 6.23. The highest BCUT2D eigenvalue weighted by atomic mass is 14.7. The van der Waals surface area contributed by atoms with Gasteiger partial charge in [-0.15, -0.1) is 0 Å². The molecule has 1 aromatic heterocycles. The molecule has 2 heteroatoms. The molecule has 1 N–H and O–H groups in total. The van der Waals surface area contributed by atoms with Gasteiger partial charge in [-0.1, -0.05) is 12.1 Å². The fourth-order valence-electron chi connectivity index (χ4n) is 1.73. The van der Waals surface area contributed by atoms with E-state index in [2.05, 4.69) is 22.1 Å². The highest BCUT2D eigenvalue weighted by Gasteiger charge is 2.05. The SMILES string of the molecule is C1=Cc2cccc3[nH]cc(c23)C=N1. The van der Waals surface area contributed by atoms with Gasteiger partial charge in [0, 0.05) is 35.1 Å². The maximum absolute atomic E-state index is 4.16. The van der Waals surface area contributed by atoms with E-state index in [1.54, 1.807) is 0 Å². The highest BCUT2D eigenvalue weighted by Crippen LogP contribution is 2.23. The fraction of sp³-hybridized carbons (Fsp3) is 0. The summed E-state index contributed by atoms with van der Waals surface area (Å²) in [4.78, 5) is 7.38. The Kier molecular flexibility index (Phi) is 1.19. The number of rotatable bonds is 0. The molecule has 0 spiro atoms. The van der Waals surface area contributed by atoms with Gasteiger partial charge in [0.05, 0.1) is 0 Å². The zero-order valence-electron chi connectivity index (χ0n) is 6.99. The lowest BCUT2D eigenvalue weighted by atomic mass is 10.1. The second-order valence-electron chi connectivity index (χ2n) is 3.11. The first-order valence-corrected chi connectivity index (χ1v) is 4.25. The minimum Gasteiger partial charge on any atom is -0.360 e. The van der Waals surface area contributed by atoms with Gasteiger partial charge in [0.1, 0.15) is 0 Å². The van der Waals surface area contributed by atoms with E-state index in [9.17, 15) is 0 Å². The van der Waals surface area contributed by atoms with Crippen LogP contribution >= 0.6 is 0 Å². The second kappa shape index (κ2) is 2.33. The molecule has 1 aliphatic rings. The van der Waals surface area contributed by atoms with Crippen molar-refractivity contribution in [2.45, 2.75) is 0 Å². The Morgan fingerprint density at radius 2 is 2.15 bits per heavy atom. The fourth-order valence-corrected chi connectivity index (χ4v) is 1.73. The van der Waals surface area contributed by atoms with E-state index in [-0.39, 0.29) is 0 Å². The molecule has 3 rings (SSSR count). The molecule has 1 aliphatic heterocycles. The van der Waals surface area contributed by atoms with Gasteiger partial charge in [0.2, 0.25) is 0 Å². The lowest BCUT2D eigenvalue weighted by Crippen LogP contribution is -1.77. The molecule has 0 saturated carbocycles. The third-order valence-corrected chi connectivity index (χ3v) is 2.32. The van der Waals surface area contributed by atoms with Crippen LogP contribution in [-0.4, -0.2) is 11.2 Å². The number of hydrogen-bond acceptors (Lipinski definition) is 1. The Balaban J connectivity index is 2.56. The number of H-pyrrole nitrogens is 1. The van der Waals surface area contributed by atoms with Crippen LogP contribution in [0.3, 0.4) is 0 Å². The first-order chi connectivity index (χ1) is 6.45. The van der Waals surface area contributed by atoms with Crippen LogP contribution in [0, 0.1) is 0 Å². The van der Waals surface area contributed by atoms with E-state index in [4.69, 9.17) is 0 Å². The molecule has 13 heavy (non-hydrogen) atoms. The monoisotopic (exact) mass is 168 g/mol. The number of hydrogen-bond donors (Lipinski definition) is 1. The number of nitrogens with zero attached hydrogens (tertiary/aromatic N) is 1. The molecule has 0 fully saturated rings. The average molecular weight is 168 g/mol. The predicted octanol–water partition coefficient (Wildman–Crippen LogP) is 2.57. The zero-order chi connectivity index (χ0) is 8.67. The van der Waals surface area contributed by atoms with Crippen molar-refractivity contribution in [3.05, 3.63) is 41.7 Å². The van der Waals surface area contributed by atoms with Crippen LogP contribution in [0.5, 0.6) is 0 Å². The van der Waals surface area contributed by atoms with Gasteiger partial charge in [-0.3, -0.25) is 4.99 Å². The Bertz CT molecular complexity index is 518. The maximum Gasteiger partial charge on any atom is 0.0466 e. The molecular formula is C11H8N2. The van der Waals surface area contributed by atoms with Gasteiger partial charge in [0.25, 0.3) is 0 Å². The number of nitrogens with one attached hydrogen (secondary N) is 1. The lowest BCUT2D eigenvalue weighted by Gasteiger charge is -1.95. The molecule has 2 heterocycles. The van der Waals surface area contributed by atoms with E-state index >= 15 is 0 Å². The van der Waals surface area contributed by atoms with Crippen molar-refractivity contribution in [1.82, 2.24) is 4.98 Å². The summed E-state index contributed by atoms with van der Waals surface area (Å²) >= 11 is 0. The predicted molar refractivity (Wildman–Crippen MR) is 54.9 cm³/mol. The van der Waals surface area contributed by atoms with Gasteiger partial charge < -0.3 is 4.98 Å². The Labute approximate surface area is 75.6 Å². The number of benzene rings is 1. The molecule has 62 valence electrons. The Morgan fingerprint density at radius 1 is 1.15 bits per heavy atom. The van der Waals surface area contributed by atoms with Crippen LogP contribution in [0.25, 0.3) is 17.0 Å². The summed E-state index contributed by atoms with van der Waals surface area (Å²) in [6.07, 6.45) is 7.73. The highest BCUT2D eigenvalue weighted by molar-refractivity contribution is 6.04.